The Morgan fingerprint density at radius 1 is 1.43 bits per heavy atom. The number of amides is 1. The number of carbonyl (C=O) groups is 1. The van der Waals surface area contributed by atoms with Crippen LogP contribution in [0, 0.1) is 0 Å². The maximum atomic E-state index is 12.5. The number of rotatable bonds is 5. The van der Waals surface area contributed by atoms with E-state index >= 15 is 0 Å². The Kier molecular flexibility index (Phi) is 4.32. The van der Waals surface area contributed by atoms with Crippen LogP contribution in [0.4, 0.5) is 0 Å². The fourth-order valence-electron chi connectivity index (χ4n) is 2.60. The van der Waals surface area contributed by atoms with Crippen LogP contribution >= 0.6 is 15.9 Å². The summed E-state index contributed by atoms with van der Waals surface area (Å²) in [5.41, 5.74) is 2.11. The second kappa shape index (κ2) is 6.25. The highest BCUT2D eigenvalue weighted by Gasteiger charge is 2.20. The molecule has 0 bridgehead atoms. The first-order valence-corrected chi connectivity index (χ1v) is 7.99. The van der Waals surface area contributed by atoms with Crippen molar-refractivity contribution < 1.29 is 13.6 Å². The number of fused-ring (bicyclic) bond motifs is 1. The van der Waals surface area contributed by atoms with Crippen LogP contribution in [0.2, 0.25) is 0 Å². The Morgan fingerprint density at radius 3 is 2.83 bits per heavy atom. The van der Waals surface area contributed by atoms with Crippen LogP contribution in [0.15, 0.2) is 44.0 Å². The molecule has 0 saturated carbocycles. The van der Waals surface area contributed by atoms with E-state index in [1.807, 2.05) is 48.8 Å². The molecule has 0 fully saturated rings. The second-order valence-electron chi connectivity index (χ2n) is 5.59. The molecule has 3 aromatic rings. The highest BCUT2D eigenvalue weighted by atomic mass is 79.9. The Balaban J connectivity index is 1.75. The molecule has 3 aromatic heterocycles. The van der Waals surface area contributed by atoms with Crippen molar-refractivity contribution in [3.63, 3.8) is 0 Å². The van der Waals surface area contributed by atoms with Gasteiger partial charge in [-0.05, 0) is 42.2 Å². The number of furan rings is 2. The van der Waals surface area contributed by atoms with Gasteiger partial charge in [0.2, 0.25) is 0 Å². The third kappa shape index (κ3) is 3.07. The summed E-state index contributed by atoms with van der Waals surface area (Å²) in [5, 5.41) is 2.96. The SMILES string of the molecule is CN(C)C(CNC(=O)c1cc2oc(Br)cc2n1C)c1ccco1. The van der Waals surface area contributed by atoms with E-state index in [2.05, 4.69) is 21.2 Å². The summed E-state index contributed by atoms with van der Waals surface area (Å²) in [6.45, 7) is 0.454. The summed E-state index contributed by atoms with van der Waals surface area (Å²) in [6, 6.07) is 7.32. The molecule has 0 aliphatic heterocycles. The van der Waals surface area contributed by atoms with Gasteiger partial charge in [-0.3, -0.25) is 9.69 Å². The zero-order valence-electron chi connectivity index (χ0n) is 13.2. The normalized spacial score (nSPS) is 12.9. The van der Waals surface area contributed by atoms with Crippen molar-refractivity contribution in [2.24, 2.45) is 7.05 Å². The highest BCUT2D eigenvalue weighted by molar-refractivity contribution is 9.10. The van der Waals surface area contributed by atoms with Gasteiger partial charge in [0.25, 0.3) is 5.91 Å². The molecule has 7 heteroatoms. The standard InChI is InChI=1S/C16H18BrN3O3/c1-19(2)12(13-5-4-6-22-13)9-18-16(21)11-7-14-10(20(11)3)8-15(17)23-14/h4-8,12H,9H2,1-3H3,(H,18,21). The maximum Gasteiger partial charge on any atom is 0.268 e. The molecule has 0 aliphatic rings. The smallest absolute Gasteiger partial charge is 0.268 e. The van der Waals surface area contributed by atoms with E-state index in [1.165, 1.54) is 0 Å². The number of carbonyl (C=O) groups excluding carboxylic acids is 1. The summed E-state index contributed by atoms with van der Waals surface area (Å²) >= 11 is 3.29. The van der Waals surface area contributed by atoms with Crippen molar-refractivity contribution >= 4 is 32.9 Å². The van der Waals surface area contributed by atoms with Crippen molar-refractivity contribution in [2.45, 2.75) is 6.04 Å². The minimum atomic E-state index is -0.145. The molecule has 1 atom stereocenters. The van der Waals surface area contributed by atoms with E-state index in [0.717, 1.165) is 11.3 Å². The topological polar surface area (TPSA) is 63.6 Å². The van der Waals surface area contributed by atoms with Gasteiger partial charge in [-0.15, -0.1) is 0 Å². The van der Waals surface area contributed by atoms with E-state index in [0.29, 0.717) is 22.5 Å². The van der Waals surface area contributed by atoms with Gasteiger partial charge in [0.05, 0.1) is 17.8 Å². The van der Waals surface area contributed by atoms with E-state index in [1.54, 1.807) is 12.3 Å². The molecule has 1 unspecified atom stereocenters. The molecule has 23 heavy (non-hydrogen) atoms. The lowest BCUT2D eigenvalue weighted by molar-refractivity contribution is 0.0931. The van der Waals surface area contributed by atoms with Crippen molar-refractivity contribution in [3.05, 3.63) is 46.7 Å². The molecule has 0 spiro atoms. The van der Waals surface area contributed by atoms with Crippen LogP contribution in [0.3, 0.4) is 0 Å². The van der Waals surface area contributed by atoms with Crippen molar-refractivity contribution in [2.75, 3.05) is 20.6 Å². The molecule has 0 saturated heterocycles. The minimum Gasteiger partial charge on any atom is -0.468 e. The van der Waals surface area contributed by atoms with Crippen molar-refractivity contribution in [1.82, 2.24) is 14.8 Å². The van der Waals surface area contributed by atoms with E-state index in [4.69, 9.17) is 8.83 Å². The number of nitrogens with one attached hydrogen (secondary N) is 1. The number of hydrogen-bond acceptors (Lipinski definition) is 4. The Morgan fingerprint density at radius 2 is 2.22 bits per heavy atom. The van der Waals surface area contributed by atoms with Crippen LogP contribution in [0.1, 0.15) is 22.3 Å². The van der Waals surface area contributed by atoms with Gasteiger partial charge < -0.3 is 18.7 Å². The van der Waals surface area contributed by atoms with Crippen LogP contribution in [-0.2, 0) is 7.05 Å². The first-order valence-electron chi connectivity index (χ1n) is 7.20. The van der Waals surface area contributed by atoms with Gasteiger partial charge in [-0.25, -0.2) is 0 Å². The van der Waals surface area contributed by atoms with Gasteiger partial charge in [-0.2, -0.15) is 0 Å². The molecule has 122 valence electrons. The fraction of sp³-hybridized carbons (Fsp3) is 0.312. The van der Waals surface area contributed by atoms with Gasteiger partial charge in [0.15, 0.2) is 10.3 Å². The van der Waals surface area contributed by atoms with E-state index in [-0.39, 0.29) is 11.9 Å². The minimum absolute atomic E-state index is 0.0219. The molecule has 0 radical (unpaired) electrons. The zero-order valence-corrected chi connectivity index (χ0v) is 14.8. The predicted molar refractivity (Wildman–Crippen MR) is 90.4 cm³/mol. The summed E-state index contributed by atoms with van der Waals surface area (Å²) in [6.07, 6.45) is 1.64. The average Bonchev–Trinajstić information content (AvgIpc) is 3.18. The molecule has 1 N–H and O–H groups in total. The van der Waals surface area contributed by atoms with Gasteiger partial charge in [0.1, 0.15) is 11.5 Å². The molecule has 3 rings (SSSR count). The molecular weight excluding hydrogens is 362 g/mol. The van der Waals surface area contributed by atoms with Crippen LogP contribution in [-0.4, -0.2) is 36.0 Å². The Bertz CT molecular complexity index is 817. The predicted octanol–water partition coefficient (Wildman–Crippen LogP) is 3.16. The molecule has 0 aliphatic carbocycles. The maximum absolute atomic E-state index is 12.5. The Hall–Kier alpha value is -1.99. The summed E-state index contributed by atoms with van der Waals surface area (Å²) in [5.74, 6) is 0.674. The highest BCUT2D eigenvalue weighted by Crippen LogP contribution is 2.26. The summed E-state index contributed by atoms with van der Waals surface area (Å²) in [4.78, 5) is 14.5. The second-order valence-corrected chi connectivity index (χ2v) is 6.38. The molecule has 0 aromatic carbocycles. The number of hydrogen-bond donors (Lipinski definition) is 1. The number of likely N-dealkylation sites (N-methyl/N-ethyl adjacent to an activating group) is 1. The van der Waals surface area contributed by atoms with Crippen LogP contribution < -0.4 is 5.32 Å². The first-order chi connectivity index (χ1) is 11.0. The van der Waals surface area contributed by atoms with Crippen molar-refractivity contribution in [3.8, 4) is 0 Å². The molecule has 1 amide bonds. The largest absolute Gasteiger partial charge is 0.468 e. The third-order valence-corrected chi connectivity index (χ3v) is 4.27. The fourth-order valence-corrected chi connectivity index (χ4v) is 2.99. The van der Waals surface area contributed by atoms with Crippen LogP contribution in [0.25, 0.3) is 11.1 Å². The lowest BCUT2D eigenvalue weighted by atomic mass is 10.2. The number of aromatic nitrogens is 1. The van der Waals surface area contributed by atoms with Gasteiger partial charge in [-0.1, -0.05) is 0 Å². The quantitative estimate of drug-likeness (QED) is 0.739. The number of nitrogens with zero attached hydrogens (tertiary/aromatic N) is 2. The van der Waals surface area contributed by atoms with Gasteiger partial charge in [0, 0.05) is 25.7 Å². The lowest BCUT2D eigenvalue weighted by Gasteiger charge is -2.22. The molecular formula is C16H18BrN3O3. The number of halogens is 1. The lowest BCUT2D eigenvalue weighted by Crippen LogP contribution is -2.35. The van der Waals surface area contributed by atoms with E-state index in [9.17, 15) is 4.79 Å². The van der Waals surface area contributed by atoms with E-state index < -0.39 is 0 Å². The van der Waals surface area contributed by atoms with Gasteiger partial charge >= 0.3 is 0 Å². The van der Waals surface area contributed by atoms with Crippen LogP contribution in [0.5, 0.6) is 0 Å². The third-order valence-electron chi connectivity index (χ3n) is 3.88. The number of aryl methyl sites for hydroxylation is 1. The Labute approximate surface area is 142 Å². The monoisotopic (exact) mass is 379 g/mol. The molecule has 3 heterocycles. The molecule has 6 nitrogen and oxygen atoms in total. The first kappa shape index (κ1) is 15.9. The summed E-state index contributed by atoms with van der Waals surface area (Å²) < 4.78 is 13.4. The average molecular weight is 380 g/mol. The van der Waals surface area contributed by atoms with Crippen molar-refractivity contribution in [1.29, 1.82) is 0 Å². The zero-order chi connectivity index (χ0) is 16.6. The summed E-state index contributed by atoms with van der Waals surface area (Å²) in [7, 11) is 5.74.